The number of anilines is 1. The first-order valence-corrected chi connectivity index (χ1v) is 9.03. The second kappa shape index (κ2) is 8.44. The van der Waals surface area contributed by atoms with Gasteiger partial charge in [-0.05, 0) is 37.0 Å². The first-order valence-electron chi connectivity index (χ1n) is 9.03. The number of amides is 1. The van der Waals surface area contributed by atoms with Crippen LogP contribution in [0.2, 0.25) is 0 Å². The molecule has 0 aliphatic rings. The number of carbonyl (C=O) groups is 1. The van der Waals surface area contributed by atoms with E-state index in [1.165, 1.54) is 0 Å². The Hall–Kier alpha value is -3.22. The van der Waals surface area contributed by atoms with Crippen LogP contribution in [0.5, 0.6) is 0 Å². The van der Waals surface area contributed by atoms with Crippen molar-refractivity contribution >= 4 is 11.9 Å². The molecular weight excluding hydrogens is 342 g/mol. The van der Waals surface area contributed by atoms with Crippen molar-refractivity contribution < 1.29 is 4.79 Å². The molecule has 0 aliphatic carbocycles. The maximum absolute atomic E-state index is 12.8. The van der Waals surface area contributed by atoms with E-state index >= 15 is 0 Å². The van der Waals surface area contributed by atoms with E-state index in [1.54, 1.807) is 34.8 Å². The third-order valence-corrected chi connectivity index (χ3v) is 4.30. The van der Waals surface area contributed by atoms with E-state index in [0.29, 0.717) is 18.5 Å². The van der Waals surface area contributed by atoms with Gasteiger partial charge in [-0.15, -0.1) is 5.10 Å². The molecule has 0 aliphatic heterocycles. The highest BCUT2D eigenvalue weighted by molar-refractivity contribution is 6.04. The van der Waals surface area contributed by atoms with E-state index in [1.807, 2.05) is 37.3 Å². The Morgan fingerprint density at radius 3 is 2.67 bits per heavy atom. The zero-order chi connectivity index (χ0) is 19.2. The quantitative estimate of drug-likeness (QED) is 0.698. The Labute approximate surface area is 157 Å². The molecule has 3 aromatic rings. The summed E-state index contributed by atoms with van der Waals surface area (Å²) >= 11 is 0. The Bertz CT molecular complexity index is 976. The van der Waals surface area contributed by atoms with Gasteiger partial charge in [0, 0.05) is 19.3 Å². The molecule has 7 heteroatoms. The van der Waals surface area contributed by atoms with Gasteiger partial charge in [-0.3, -0.25) is 19.6 Å². The van der Waals surface area contributed by atoms with Crippen LogP contribution in [0.15, 0.2) is 53.7 Å². The number of nitrogens with one attached hydrogen (secondary N) is 1. The minimum absolute atomic E-state index is 0.123. The van der Waals surface area contributed by atoms with Crippen molar-refractivity contribution in [2.45, 2.75) is 39.8 Å². The van der Waals surface area contributed by atoms with E-state index in [9.17, 15) is 9.59 Å². The summed E-state index contributed by atoms with van der Waals surface area (Å²) in [6.45, 7) is 5.01. The number of aromatic nitrogens is 4. The summed E-state index contributed by atoms with van der Waals surface area (Å²) < 4.78 is 3.23. The van der Waals surface area contributed by atoms with Crippen LogP contribution in [-0.2, 0) is 19.5 Å². The van der Waals surface area contributed by atoms with Crippen LogP contribution in [0, 0.1) is 6.92 Å². The summed E-state index contributed by atoms with van der Waals surface area (Å²) in [4.78, 5) is 29.5. The summed E-state index contributed by atoms with van der Waals surface area (Å²) in [5.74, 6) is -0.284. The number of benzene rings is 1. The summed E-state index contributed by atoms with van der Waals surface area (Å²) in [7, 11) is 0. The number of hydrogen-bond acceptors (Lipinski definition) is 4. The molecule has 27 heavy (non-hydrogen) atoms. The van der Waals surface area contributed by atoms with E-state index in [4.69, 9.17) is 0 Å². The smallest absolute Gasteiger partial charge is 0.263 e. The predicted octanol–water partition coefficient (Wildman–Crippen LogP) is 2.65. The fourth-order valence-electron chi connectivity index (χ4n) is 2.86. The number of nitrogens with zero attached hydrogens (tertiary/aromatic N) is 4. The average Bonchev–Trinajstić information content (AvgIpc) is 3.09. The van der Waals surface area contributed by atoms with Crippen molar-refractivity contribution in [3.05, 3.63) is 76.0 Å². The number of hydrogen-bond donors (Lipinski definition) is 1. The van der Waals surface area contributed by atoms with E-state index < -0.39 is 5.91 Å². The van der Waals surface area contributed by atoms with Gasteiger partial charge in [0.2, 0.25) is 5.95 Å². The van der Waals surface area contributed by atoms with Gasteiger partial charge >= 0.3 is 0 Å². The van der Waals surface area contributed by atoms with Crippen molar-refractivity contribution in [2.75, 3.05) is 5.32 Å². The van der Waals surface area contributed by atoms with Crippen molar-refractivity contribution in [1.82, 2.24) is 19.3 Å². The van der Waals surface area contributed by atoms with Crippen LogP contribution in [0.4, 0.5) is 5.95 Å². The monoisotopic (exact) mass is 365 g/mol. The van der Waals surface area contributed by atoms with Crippen molar-refractivity contribution in [1.29, 1.82) is 0 Å². The fraction of sp³-hybridized carbons (Fsp3) is 0.300. The van der Waals surface area contributed by atoms with Gasteiger partial charge in [-0.2, -0.15) is 0 Å². The molecule has 140 valence electrons. The summed E-state index contributed by atoms with van der Waals surface area (Å²) in [5, 5.41) is 6.81. The molecule has 3 rings (SSSR count). The third-order valence-electron chi connectivity index (χ3n) is 4.30. The number of aryl methyl sites for hydroxylation is 4. The molecule has 0 radical (unpaired) electrons. The van der Waals surface area contributed by atoms with E-state index in [0.717, 1.165) is 18.5 Å². The van der Waals surface area contributed by atoms with Crippen molar-refractivity contribution in [3.63, 3.8) is 0 Å². The highest BCUT2D eigenvalue weighted by atomic mass is 16.2. The molecule has 7 nitrogen and oxygen atoms in total. The van der Waals surface area contributed by atoms with Crippen LogP contribution in [0.1, 0.15) is 34.8 Å². The second-order valence-corrected chi connectivity index (χ2v) is 6.39. The second-order valence-electron chi connectivity index (χ2n) is 6.39. The fourth-order valence-corrected chi connectivity index (χ4v) is 2.86. The normalized spacial score (nSPS) is 10.7. The SMILES string of the molecule is CCCn1cnc(NC(=O)c2c(C)ccn(CCc3ccccc3)c2=O)n1. The maximum Gasteiger partial charge on any atom is 0.263 e. The number of pyridine rings is 1. The molecular formula is C20H23N5O2. The van der Waals surface area contributed by atoms with Crippen molar-refractivity contribution in [3.8, 4) is 0 Å². The highest BCUT2D eigenvalue weighted by Crippen LogP contribution is 2.07. The molecule has 1 amide bonds. The minimum Gasteiger partial charge on any atom is -0.315 e. The molecule has 2 aromatic heterocycles. The van der Waals surface area contributed by atoms with Crippen LogP contribution in [0.25, 0.3) is 0 Å². The van der Waals surface area contributed by atoms with Crippen LogP contribution >= 0.6 is 0 Å². The van der Waals surface area contributed by atoms with E-state index in [2.05, 4.69) is 15.4 Å². The molecule has 0 bridgehead atoms. The summed E-state index contributed by atoms with van der Waals surface area (Å²) in [5.41, 5.74) is 1.58. The Balaban J connectivity index is 1.77. The molecule has 0 saturated heterocycles. The van der Waals surface area contributed by atoms with Gasteiger partial charge < -0.3 is 4.57 Å². The standard InChI is InChI=1S/C20H23N5O2/c1-3-11-25-14-21-20(23-25)22-18(26)17-15(2)9-12-24(19(17)27)13-10-16-7-5-4-6-8-16/h4-9,12,14H,3,10-11,13H2,1-2H3,(H,22,23,26). The van der Waals surface area contributed by atoms with Crippen LogP contribution in [-0.4, -0.2) is 25.2 Å². The van der Waals surface area contributed by atoms with Crippen molar-refractivity contribution in [2.24, 2.45) is 0 Å². The zero-order valence-electron chi connectivity index (χ0n) is 15.6. The van der Waals surface area contributed by atoms with Crippen LogP contribution < -0.4 is 10.9 Å². The first-order chi connectivity index (χ1) is 13.1. The molecule has 1 aromatic carbocycles. The van der Waals surface area contributed by atoms with Gasteiger partial charge in [-0.1, -0.05) is 37.3 Å². The lowest BCUT2D eigenvalue weighted by atomic mass is 10.1. The Kier molecular flexibility index (Phi) is 5.80. The first kappa shape index (κ1) is 18.6. The van der Waals surface area contributed by atoms with Gasteiger partial charge in [-0.25, -0.2) is 4.98 Å². The number of rotatable bonds is 7. The molecule has 0 unspecified atom stereocenters. The Morgan fingerprint density at radius 2 is 1.93 bits per heavy atom. The number of carbonyl (C=O) groups excluding carboxylic acids is 1. The summed E-state index contributed by atoms with van der Waals surface area (Å²) in [6.07, 6.45) is 4.93. The minimum atomic E-state index is -0.485. The Morgan fingerprint density at radius 1 is 1.15 bits per heavy atom. The predicted molar refractivity (Wildman–Crippen MR) is 104 cm³/mol. The molecule has 0 spiro atoms. The molecule has 1 N–H and O–H groups in total. The van der Waals surface area contributed by atoms with E-state index in [-0.39, 0.29) is 17.1 Å². The zero-order valence-corrected chi connectivity index (χ0v) is 15.6. The maximum atomic E-state index is 12.8. The topological polar surface area (TPSA) is 81.8 Å². The van der Waals surface area contributed by atoms with Gasteiger partial charge in [0.15, 0.2) is 0 Å². The molecule has 0 atom stereocenters. The molecule has 2 heterocycles. The summed E-state index contributed by atoms with van der Waals surface area (Å²) in [6, 6.07) is 11.7. The lowest BCUT2D eigenvalue weighted by Gasteiger charge is -2.10. The molecule has 0 fully saturated rings. The van der Waals surface area contributed by atoms with Gasteiger partial charge in [0.05, 0.1) is 0 Å². The third kappa shape index (κ3) is 4.49. The van der Waals surface area contributed by atoms with Gasteiger partial charge in [0.25, 0.3) is 11.5 Å². The largest absolute Gasteiger partial charge is 0.315 e. The van der Waals surface area contributed by atoms with Gasteiger partial charge in [0.1, 0.15) is 11.9 Å². The molecule has 0 saturated carbocycles. The lowest BCUT2D eigenvalue weighted by molar-refractivity contribution is 0.102. The van der Waals surface area contributed by atoms with Crippen LogP contribution in [0.3, 0.4) is 0 Å². The highest BCUT2D eigenvalue weighted by Gasteiger charge is 2.17. The lowest BCUT2D eigenvalue weighted by Crippen LogP contribution is -2.31. The average molecular weight is 365 g/mol.